The summed E-state index contributed by atoms with van der Waals surface area (Å²) < 4.78 is 5.22. The third kappa shape index (κ3) is 4.80. The average Bonchev–Trinajstić information content (AvgIpc) is 3.12. The molecule has 2 aromatic carbocycles. The van der Waals surface area contributed by atoms with Gasteiger partial charge in [-0.05, 0) is 73.4 Å². The number of nitrogens with zero attached hydrogens (tertiary/aromatic N) is 1. The minimum absolute atomic E-state index is 0.568. The van der Waals surface area contributed by atoms with Gasteiger partial charge in [0.25, 0.3) is 0 Å². The maximum Gasteiger partial charge on any atom is 0.170 e. The van der Waals surface area contributed by atoms with Crippen molar-refractivity contribution in [1.82, 2.24) is 5.32 Å². The van der Waals surface area contributed by atoms with E-state index in [4.69, 9.17) is 28.6 Å². The summed E-state index contributed by atoms with van der Waals surface area (Å²) >= 11 is 11.6. The highest BCUT2D eigenvalue weighted by molar-refractivity contribution is 7.80. The first-order valence-electron chi connectivity index (χ1n) is 8.75. The first kappa shape index (κ1) is 18.8. The van der Waals surface area contributed by atoms with E-state index < -0.39 is 0 Å². The Morgan fingerprint density at radius 2 is 2.04 bits per heavy atom. The molecule has 0 spiro atoms. The van der Waals surface area contributed by atoms with Gasteiger partial charge in [-0.15, -0.1) is 0 Å². The van der Waals surface area contributed by atoms with Gasteiger partial charge >= 0.3 is 0 Å². The molecule has 2 aromatic rings. The highest BCUT2D eigenvalue weighted by Gasteiger charge is 2.22. The summed E-state index contributed by atoms with van der Waals surface area (Å²) in [7, 11) is 1.69. The molecule has 1 saturated heterocycles. The average molecular weight is 390 g/mol. The second-order valence-electron chi connectivity index (χ2n) is 6.60. The first-order chi connectivity index (χ1) is 12.5. The van der Waals surface area contributed by atoms with Crippen LogP contribution in [0.1, 0.15) is 12.0 Å². The number of methoxy groups -OCH3 is 1. The lowest BCUT2D eigenvalue weighted by atomic mass is 10.1. The second-order valence-corrected chi connectivity index (χ2v) is 7.41. The molecule has 26 heavy (non-hydrogen) atoms. The van der Waals surface area contributed by atoms with E-state index in [1.54, 1.807) is 7.11 Å². The minimum Gasteiger partial charge on any atom is -0.497 e. The van der Waals surface area contributed by atoms with Crippen LogP contribution in [-0.4, -0.2) is 31.9 Å². The van der Waals surface area contributed by atoms with Crippen molar-refractivity contribution in [2.24, 2.45) is 5.92 Å². The molecule has 0 unspecified atom stereocenters. The molecule has 1 heterocycles. The summed E-state index contributed by atoms with van der Waals surface area (Å²) in [6.07, 6.45) is 1.15. The van der Waals surface area contributed by atoms with E-state index in [2.05, 4.69) is 27.7 Å². The molecule has 6 heteroatoms. The lowest BCUT2D eigenvalue weighted by Gasteiger charge is -2.19. The minimum atomic E-state index is 0.568. The molecular weight excluding hydrogens is 366 g/mol. The van der Waals surface area contributed by atoms with Crippen LogP contribution < -0.4 is 20.3 Å². The zero-order valence-corrected chi connectivity index (χ0v) is 16.7. The number of hydrogen-bond donors (Lipinski definition) is 2. The number of benzene rings is 2. The van der Waals surface area contributed by atoms with E-state index in [0.717, 1.165) is 48.1 Å². The number of rotatable bonds is 5. The molecule has 1 aliphatic rings. The van der Waals surface area contributed by atoms with E-state index >= 15 is 0 Å². The molecule has 3 rings (SSSR count). The van der Waals surface area contributed by atoms with Crippen molar-refractivity contribution in [3.63, 3.8) is 0 Å². The van der Waals surface area contributed by atoms with Crippen LogP contribution in [0, 0.1) is 12.8 Å². The van der Waals surface area contributed by atoms with E-state index in [-0.39, 0.29) is 0 Å². The van der Waals surface area contributed by atoms with Crippen LogP contribution in [0.15, 0.2) is 42.5 Å². The van der Waals surface area contributed by atoms with Crippen LogP contribution in [0.3, 0.4) is 0 Å². The molecule has 0 amide bonds. The quantitative estimate of drug-likeness (QED) is 0.738. The lowest BCUT2D eigenvalue weighted by Crippen LogP contribution is -2.34. The number of anilines is 2. The van der Waals surface area contributed by atoms with Crippen molar-refractivity contribution in [2.45, 2.75) is 13.3 Å². The molecular formula is C20H24ClN3OS. The Balaban J connectivity index is 1.46. The summed E-state index contributed by atoms with van der Waals surface area (Å²) in [5.74, 6) is 1.46. The largest absolute Gasteiger partial charge is 0.497 e. The standard InChI is InChI=1S/C20H24ClN3OS/c1-14-3-4-16(11-19(14)21)23-20(26)22-12-15-9-10-24(13-15)17-5-7-18(25-2)8-6-17/h3-8,11,15H,9-10,12-13H2,1-2H3,(H2,22,23,26)/t15-/m0/s1. The molecule has 0 bridgehead atoms. The Labute approximate surface area is 165 Å². The predicted molar refractivity (Wildman–Crippen MR) is 114 cm³/mol. The van der Waals surface area contributed by atoms with Crippen molar-refractivity contribution in [3.8, 4) is 5.75 Å². The molecule has 0 aromatic heterocycles. The van der Waals surface area contributed by atoms with Crippen molar-refractivity contribution >= 4 is 40.3 Å². The van der Waals surface area contributed by atoms with Gasteiger partial charge in [0.15, 0.2) is 5.11 Å². The first-order valence-corrected chi connectivity index (χ1v) is 9.54. The number of hydrogen-bond acceptors (Lipinski definition) is 3. The van der Waals surface area contributed by atoms with Gasteiger partial charge in [0.05, 0.1) is 7.11 Å². The third-order valence-corrected chi connectivity index (χ3v) is 5.36. The van der Waals surface area contributed by atoms with E-state index in [1.807, 2.05) is 37.3 Å². The summed E-state index contributed by atoms with van der Waals surface area (Å²) in [6, 6.07) is 14.1. The molecule has 4 nitrogen and oxygen atoms in total. The molecule has 0 radical (unpaired) electrons. The van der Waals surface area contributed by atoms with Crippen molar-refractivity contribution in [1.29, 1.82) is 0 Å². The van der Waals surface area contributed by atoms with Gasteiger partial charge in [0.1, 0.15) is 5.75 Å². The molecule has 0 saturated carbocycles. The Morgan fingerprint density at radius 3 is 2.73 bits per heavy atom. The summed E-state index contributed by atoms with van der Waals surface area (Å²) in [5.41, 5.74) is 3.20. The number of halogens is 1. The fourth-order valence-electron chi connectivity index (χ4n) is 3.11. The Kier molecular flexibility index (Phi) is 6.22. The van der Waals surface area contributed by atoms with Crippen LogP contribution in [0.2, 0.25) is 5.02 Å². The van der Waals surface area contributed by atoms with Crippen LogP contribution in [-0.2, 0) is 0 Å². The zero-order chi connectivity index (χ0) is 18.5. The van der Waals surface area contributed by atoms with E-state index in [9.17, 15) is 0 Å². The van der Waals surface area contributed by atoms with Crippen LogP contribution >= 0.6 is 23.8 Å². The molecule has 138 valence electrons. The van der Waals surface area contributed by atoms with Gasteiger partial charge in [0, 0.05) is 36.0 Å². The van der Waals surface area contributed by atoms with Gasteiger partial charge in [-0.1, -0.05) is 17.7 Å². The Morgan fingerprint density at radius 1 is 1.27 bits per heavy atom. The molecule has 1 fully saturated rings. The van der Waals surface area contributed by atoms with Crippen LogP contribution in [0.4, 0.5) is 11.4 Å². The normalized spacial score (nSPS) is 16.4. The van der Waals surface area contributed by atoms with E-state index in [0.29, 0.717) is 11.0 Å². The van der Waals surface area contributed by atoms with Gasteiger partial charge in [-0.25, -0.2) is 0 Å². The fraction of sp³-hybridized carbons (Fsp3) is 0.350. The third-order valence-electron chi connectivity index (χ3n) is 4.70. The van der Waals surface area contributed by atoms with E-state index in [1.165, 1.54) is 5.69 Å². The van der Waals surface area contributed by atoms with Gasteiger partial charge in [0.2, 0.25) is 0 Å². The SMILES string of the molecule is COc1ccc(N2CC[C@@H](CNC(=S)Nc3ccc(C)c(Cl)c3)C2)cc1. The highest BCUT2D eigenvalue weighted by Crippen LogP contribution is 2.25. The molecule has 1 atom stereocenters. The van der Waals surface area contributed by atoms with Gasteiger partial charge in [-0.3, -0.25) is 0 Å². The predicted octanol–water partition coefficient (Wildman–Crippen LogP) is 4.47. The molecule has 0 aliphatic carbocycles. The smallest absolute Gasteiger partial charge is 0.170 e. The second kappa shape index (κ2) is 8.60. The zero-order valence-electron chi connectivity index (χ0n) is 15.1. The fourth-order valence-corrected chi connectivity index (χ4v) is 3.49. The highest BCUT2D eigenvalue weighted by atomic mass is 35.5. The Hall–Kier alpha value is -1.98. The molecule has 2 N–H and O–H groups in total. The monoisotopic (exact) mass is 389 g/mol. The summed E-state index contributed by atoms with van der Waals surface area (Å²) in [6.45, 7) is 4.93. The molecule has 1 aliphatic heterocycles. The maximum absolute atomic E-state index is 6.15. The van der Waals surface area contributed by atoms with Crippen molar-refractivity contribution in [2.75, 3.05) is 37.0 Å². The number of aryl methyl sites for hydroxylation is 1. The topological polar surface area (TPSA) is 36.5 Å². The van der Waals surface area contributed by atoms with Crippen molar-refractivity contribution in [3.05, 3.63) is 53.1 Å². The maximum atomic E-state index is 6.15. The number of nitrogens with one attached hydrogen (secondary N) is 2. The summed E-state index contributed by atoms with van der Waals surface area (Å²) in [4.78, 5) is 2.40. The van der Waals surface area contributed by atoms with Gasteiger partial charge < -0.3 is 20.3 Å². The number of ether oxygens (including phenoxy) is 1. The van der Waals surface area contributed by atoms with Gasteiger partial charge in [-0.2, -0.15) is 0 Å². The lowest BCUT2D eigenvalue weighted by molar-refractivity contribution is 0.415. The van der Waals surface area contributed by atoms with Crippen LogP contribution in [0.25, 0.3) is 0 Å². The summed E-state index contributed by atoms with van der Waals surface area (Å²) in [5, 5.41) is 7.90. The Bertz CT molecular complexity index is 766. The van der Waals surface area contributed by atoms with Crippen LogP contribution in [0.5, 0.6) is 5.75 Å². The number of thiocarbonyl (C=S) groups is 1. The van der Waals surface area contributed by atoms with Crippen molar-refractivity contribution < 1.29 is 4.74 Å².